The lowest BCUT2D eigenvalue weighted by atomic mass is 9.96. The second-order valence-corrected chi connectivity index (χ2v) is 8.70. The number of aromatic nitrogens is 2. The van der Waals surface area contributed by atoms with Crippen molar-refractivity contribution in [3.8, 4) is 0 Å². The number of hydrogen-bond donors (Lipinski definition) is 1. The lowest BCUT2D eigenvalue weighted by Gasteiger charge is -2.22. The molecule has 1 fully saturated rings. The van der Waals surface area contributed by atoms with Gasteiger partial charge in [0.05, 0.1) is 17.3 Å². The van der Waals surface area contributed by atoms with Gasteiger partial charge in [0.25, 0.3) is 5.78 Å². The first-order valence-electron chi connectivity index (χ1n) is 10.5. The van der Waals surface area contributed by atoms with Gasteiger partial charge < -0.3 is 9.84 Å². The molecular weight excluding hydrogens is 473 g/mol. The average molecular weight is 494 g/mol. The van der Waals surface area contributed by atoms with E-state index in [9.17, 15) is 23.9 Å². The number of thiazole rings is 1. The topological polar surface area (TPSA) is 110 Å². The van der Waals surface area contributed by atoms with Gasteiger partial charge >= 0.3 is 11.9 Å². The smallest absolute Gasteiger partial charge is 0.350 e. The summed E-state index contributed by atoms with van der Waals surface area (Å²) in [4.78, 5) is 48.4. The predicted molar refractivity (Wildman–Crippen MR) is 127 cm³/mol. The summed E-state index contributed by atoms with van der Waals surface area (Å²) < 4.78 is 19.3. The Hall–Kier alpha value is -4.18. The van der Waals surface area contributed by atoms with Crippen molar-refractivity contribution in [2.75, 3.05) is 11.5 Å². The fraction of sp³-hybridized carbons (Fsp3) is 0.160. The molecule has 2 aromatic heterocycles. The largest absolute Gasteiger partial charge is 0.507 e. The highest BCUT2D eigenvalue weighted by atomic mass is 32.1. The fourth-order valence-corrected chi connectivity index (χ4v) is 4.64. The Bertz CT molecular complexity index is 1380. The van der Waals surface area contributed by atoms with Crippen LogP contribution in [0.3, 0.4) is 0 Å². The van der Waals surface area contributed by atoms with E-state index in [1.54, 1.807) is 26.0 Å². The predicted octanol–water partition coefficient (Wildman–Crippen LogP) is 4.26. The third kappa shape index (κ3) is 4.35. The molecule has 0 saturated carbocycles. The number of anilines is 1. The Labute approximate surface area is 204 Å². The van der Waals surface area contributed by atoms with Crippen LogP contribution in [0.15, 0.2) is 61.0 Å². The molecule has 1 atom stereocenters. The van der Waals surface area contributed by atoms with Gasteiger partial charge in [-0.1, -0.05) is 42.2 Å². The molecule has 3 aromatic rings. The Morgan fingerprint density at radius 3 is 2.74 bits per heavy atom. The van der Waals surface area contributed by atoms with E-state index >= 15 is 0 Å². The first kappa shape index (κ1) is 24.0. The maximum Gasteiger partial charge on any atom is 0.350 e. The van der Waals surface area contributed by atoms with Crippen molar-refractivity contribution in [3.05, 3.63) is 94.0 Å². The van der Waals surface area contributed by atoms with Gasteiger partial charge in [-0.15, -0.1) is 0 Å². The highest BCUT2D eigenvalue weighted by molar-refractivity contribution is 7.17. The molecule has 1 N–H and O–H groups in total. The summed E-state index contributed by atoms with van der Waals surface area (Å²) in [5, 5.41) is 11.1. The second kappa shape index (κ2) is 9.59. The molecule has 0 bridgehead atoms. The molecule has 1 saturated heterocycles. The number of aliphatic hydroxyl groups excluding tert-OH is 1. The van der Waals surface area contributed by atoms with Crippen LogP contribution in [0, 0.1) is 19.7 Å². The zero-order valence-electron chi connectivity index (χ0n) is 18.8. The third-order valence-electron chi connectivity index (χ3n) is 5.40. The van der Waals surface area contributed by atoms with Crippen LogP contribution in [0.4, 0.5) is 9.52 Å². The van der Waals surface area contributed by atoms with E-state index in [2.05, 4.69) is 16.5 Å². The van der Waals surface area contributed by atoms with Crippen molar-refractivity contribution in [2.24, 2.45) is 0 Å². The Balaban J connectivity index is 1.88. The number of halogens is 1. The summed E-state index contributed by atoms with van der Waals surface area (Å²) in [5.74, 6) is -3.67. The first-order valence-corrected chi connectivity index (χ1v) is 11.3. The molecule has 0 aliphatic carbocycles. The van der Waals surface area contributed by atoms with Crippen LogP contribution in [0.25, 0.3) is 5.76 Å². The number of Topliss-reactive ketones (excluding diaryl/α,β-unsaturated/α-hetero) is 1. The number of carbonyl (C=O) groups is 3. The highest BCUT2D eigenvalue weighted by Crippen LogP contribution is 2.43. The lowest BCUT2D eigenvalue weighted by Crippen LogP contribution is -2.29. The molecule has 35 heavy (non-hydrogen) atoms. The third-order valence-corrected chi connectivity index (χ3v) is 6.54. The van der Waals surface area contributed by atoms with Gasteiger partial charge in [0, 0.05) is 18.0 Å². The van der Waals surface area contributed by atoms with Crippen molar-refractivity contribution in [2.45, 2.75) is 19.9 Å². The van der Waals surface area contributed by atoms with E-state index in [0.717, 1.165) is 22.3 Å². The average Bonchev–Trinajstić information content (AvgIpc) is 3.36. The Morgan fingerprint density at radius 2 is 2.09 bits per heavy atom. The molecule has 178 valence electrons. The van der Waals surface area contributed by atoms with Gasteiger partial charge in [0.15, 0.2) is 5.13 Å². The lowest BCUT2D eigenvalue weighted by molar-refractivity contribution is -0.132. The molecular formula is C25H20FN3O5S. The molecule has 4 rings (SSSR count). The number of hydrogen-bond acceptors (Lipinski definition) is 8. The minimum absolute atomic E-state index is 0.00118. The number of ether oxygens (including phenoxy) is 1. The molecule has 8 nitrogen and oxygen atoms in total. The van der Waals surface area contributed by atoms with Crippen LogP contribution in [0.1, 0.15) is 38.1 Å². The van der Waals surface area contributed by atoms with Crippen LogP contribution in [-0.2, 0) is 14.3 Å². The van der Waals surface area contributed by atoms with Gasteiger partial charge in [0.1, 0.15) is 23.1 Å². The molecule has 10 heteroatoms. The quantitative estimate of drug-likeness (QED) is 0.180. The van der Waals surface area contributed by atoms with E-state index in [4.69, 9.17) is 4.74 Å². The number of aryl methyl sites for hydroxylation is 2. The summed E-state index contributed by atoms with van der Waals surface area (Å²) in [7, 11) is 0. The number of benzene rings is 1. The van der Waals surface area contributed by atoms with Crippen LogP contribution in [-0.4, -0.2) is 39.3 Å². The number of pyridine rings is 1. The number of amides is 1. The molecule has 1 amide bonds. The fourth-order valence-electron chi connectivity index (χ4n) is 3.65. The summed E-state index contributed by atoms with van der Waals surface area (Å²) in [6, 6.07) is 6.18. The molecule has 1 aliphatic rings. The monoisotopic (exact) mass is 493 g/mol. The van der Waals surface area contributed by atoms with E-state index < -0.39 is 35.3 Å². The Kier molecular flexibility index (Phi) is 6.57. The molecule has 3 heterocycles. The standard InChI is InChI=1S/C25H20FN3O5S/c1-4-10-34-24(33)22-14(3)28-25(35-22)29-19(16-6-5-9-27-12-16)18(21(31)23(29)32)20(30)15-8-7-13(2)17(26)11-15/h4-9,11-12,19,30H,1,10H2,2-3H3/t19-/m0/s1. The first-order chi connectivity index (χ1) is 16.7. The highest BCUT2D eigenvalue weighted by Gasteiger charge is 2.48. The number of aliphatic hydroxyl groups is 1. The minimum Gasteiger partial charge on any atom is -0.507 e. The van der Waals surface area contributed by atoms with Gasteiger partial charge in [-0.05, 0) is 37.1 Å². The molecule has 0 unspecified atom stereocenters. The van der Waals surface area contributed by atoms with Crippen LogP contribution >= 0.6 is 11.3 Å². The van der Waals surface area contributed by atoms with Crippen molar-refractivity contribution in [1.82, 2.24) is 9.97 Å². The number of rotatable bonds is 6. The van der Waals surface area contributed by atoms with Gasteiger partial charge in [0.2, 0.25) is 0 Å². The summed E-state index contributed by atoms with van der Waals surface area (Å²) in [5.41, 5.74) is 0.898. The number of esters is 1. The van der Waals surface area contributed by atoms with E-state index in [0.29, 0.717) is 16.8 Å². The second-order valence-electron chi connectivity index (χ2n) is 7.72. The van der Waals surface area contributed by atoms with Crippen LogP contribution in [0.2, 0.25) is 0 Å². The number of carbonyl (C=O) groups excluding carboxylic acids is 3. The van der Waals surface area contributed by atoms with E-state index in [1.165, 1.54) is 30.6 Å². The maximum atomic E-state index is 14.2. The Morgan fingerprint density at radius 1 is 1.31 bits per heavy atom. The van der Waals surface area contributed by atoms with Crippen molar-refractivity contribution in [3.63, 3.8) is 0 Å². The molecule has 1 aromatic carbocycles. The van der Waals surface area contributed by atoms with Gasteiger partial charge in [-0.25, -0.2) is 14.2 Å². The summed E-state index contributed by atoms with van der Waals surface area (Å²) in [6.07, 6.45) is 4.39. The zero-order chi connectivity index (χ0) is 25.3. The van der Waals surface area contributed by atoms with Crippen LogP contribution in [0.5, 0.6) is 0 Å². The van der Waals surface area contributed by atoms with Crippen LogP contribution < -0.4 is 4.90 Å². The van der Waals surface area contributed by atoms with Crippen molar-refractivity contribution >= 4 is 39.9 Å². The number of nitrogens with zero attached hydrogens (tertiary/aromatic N) is 3. The summed E-state index contributed by atoms with van der Waals surface area (Å²) in [6.45, 7) is 6.64. The van der Waals surface area contributed by atoms with E-state index in [-0.39, 0.29) is 27.8 Å². The summed E-state index contributed by atoms with van der Waals surface area (Å²) >= 11 is 0.882. The maximum absolute atomic E-state index is 14.2. The SMILES string of the molecule is C=CCOC(=O)c1sc(N2C(=O)C(=O)C(=C(O)c3ccc(C)c(F)c3)[C@@H]2c2cccnc2)nc1C. The number of ketones is 1. The zero-order valence-corrected chi connectivity index (χ0v) is 19.6. The normalized spacial score (nSPS) is 17.0. The van der Waals surface area contributed by atoms with Gasteiger partial charge in [-0.3, -0.25) is 19.5 Å². The molecule has 0 spiro atoms. The minimum atomic E-state index is -1.10. The molecule has 0 radical (unpaired) electrons. The van der Waals surface area contributed by atoms with Crippen molar-refractivity contribution < 1.29 is 28.6 Å². The van der Waals surface area contributed by atoms with Crippen molar-refractivity contribution in [1.29, 1.82) is 0 Å². The van der Waals surface area contributed by atoms with E-state index in [1.807, 2.05) is 0 Å². The molecule has 1 aliphatic heterocycles. The van der Waals surface area contributed by atoms with Gasteiger partial charge in [-0.2, -0.15) is 0 Å².